The average molecular weight is 359 g/mol. The number of nitrogens with one attached hydrogen (secondary N) is 3. The van der Waals surface area contributed by atoms with Crippen molar-refractivity contribution in [1.82, 2.24) is 5.32 Å². The van der Waals surface area contributed by atoms with E-state index in [9.17, 15) is 9.59 Å². The molecule has 2 aromatic carbocycles. The summed E-state index contributed by atoms with van der Waals surface area (Å²) in [5, 5.41) is 8.73. The molecule has 0 saturated carbocycles. The Labute approximate surface area is 152 Å². The number of rotatable bonds is 4. The van der Waals surface area contributed by atoms with Crippen LogP contribution in [0.25, 0.3) is 0 Å². The van der Waals surface area contributed by atoms with Crippen molar-refractivity contribution in [3.8, 4) is 0 Å². The van der Waals surface area contributed by atoms with Crippen LogP contribution >= 0.6 is 12.4 Å². The van der Waals surface area contributed by atoms with Crippen LogP contribution in [0.1, 0.15) is 22.8 Å². The molecule has 130 valence electrons. The van der Waals surface area contributed by atoms with Crippen LogP contribution in [0.15, 0.2) is 53.5 Å². The molecule has 0 atom stereocenters. The van der Waals surface area contributed by atoms with Crippen molar-refractivity contribution < 1.29 is 9.59 Å². The lowest BCUT2D eigenvalue weighted by Crippen LogP contribution is -2.21. The molecule has 0 spiro atoms. The van der Waals surface area contributed by atoms with Gasteiger partial charge in [0, 0.05) is 29.0 Å². The van der Waals surface area contributed by atoms with Crippen molar-refractivity contribution in [3.63, 3.8) is 0 Å². The Kier molecular flexibility index (Phi) is 6.14. The highest BCUT2D eigenvalue weighted by Gasteiger charge is 2.09. The van der Waals surface area contributed by atoms with Crippen molar-refractivity contribution >= 4 is 41.4 Å². The highest BCUT2D eigenvalue weighted by Crippen LogP contribution is 2.14. The van der Waals surface area contributed by atoms with E-state index in [0.717, 1.165) is 24.5 Å². The van der Waals surface area contributed by atoms with Gasteiger partial charge in [-0.05, 0) is 43.3 Å². The van der Waals surface area contributed by atoms with E-state index in [4.69, 9.17) is 0 Å². The van der Waals surface area contributed by atoms with Crippen LogP contribution in [0.3, 0.4) is 0 Å². The summed E-state index contributed by atoms with van der Waals surface area (Å²) in [6, 6.07) is 13.9. The van der Waals surface area contributed by atoms with Crippen LogP contribution in [0.2, 0.25) is 0 Å². The number of carbonyl (C=O) groups is 2. The van der Waals surface area contributed by atoms with Gasteiger partial charge in [0.25, 0.3) is 0 Å². The van der Waals surface area contributed by atoms with Crippen LogP contribution in [-0.2, 0) is 0 Å². The van der Waals surface area contributed by atoms with E-state index in [-0.39, 0.29) is 24.2 Å². The molecule has 0 unspecified atom stereocenters. The summed E-state index contributed by atoms with van der Waals surface area (Å²) in [6.45, 7) is 3.11. The van der Waals surface area contributed by atoms with Crippen LogP contribution < -0.4 is 16.0 Å². The molecule has 3 N–H and O–H groups in total. The van der Waals surface area contributed by atoms with Gasteiger partial charge in [-0.3, -0.25) is 9.79 Å². The number of ketones is 1. The fraction of sp³-hybridized carbons (Fsp3) is 0.167. The van der Waals surface area contributed by atoms with E-state index >= 15 is 0 Å². The molecular formula is C18H19ClN4O2. The predicted molar refractivity (Wildman–Crippen MR) is 102 cm³/mol. The van der Waals surface area contributed by atoms with E-state index in [1.165, 1.54) is 6.92 Å². The number of hydrogen-bond acceptors (Lipinski definition) is 4. The Bertz CT molecular complexity index is 803. The molecule has 3 rings (SSSR count). The normalized spacial score (nSPS) is 12.4. The van der Waals surface area contributed by atoms with Crippen LogP contribution in [0, 0.1) is 0 Å². The first-order valence-electron chi connectivity index (χ1n) is 7.69. The van der Waals surface area contributed by atoms with E-state index in [0.29, 0.717) is 16.9 Å². The number of halogens is 1. The minimum absolute atomic E-state index is 0. The Hall–Kier alpha value is -2.86. The second-order valence-corrected chi connectivity index (χ2v) is 5.45. The lowest BCUT2D eigenvalue weighted by Gasteiger charge is -2.09. The number of benzene rings is 2. The molecule has 1 aliphatic rings. The lowest BCUT2D eigenvalue weighted by atomic mass is 10.1. The molecule has 0 saturated heterocycles. The molecule has 0 bridgehead atoms. The maximum atomic E-state index is 12.1. The quantitative estimate of drug-likeness (QED) is 0.733. The van der Waals surface area contributed by atoms with Crippen molar-refractivity contribution in [3.05, 3.63) is 59.7 Å². The van der Waals surface area contributed by atoms with Crippen LogP contribution in [-0.4, -0.2) is 30.7 Å². The SMILES string of the molecule is CC(=O)c1ccc(NC(=O)Nc2cccc(C3=NCCN3)c2)cc1.Cl. The third kappa shape index (κ3) is 4.81. The molecule has 1 aliphatic heterocycles. The third-order valence-corrected chi connectivity index (χ3v) is 3.62. The fourth-order valence-electron chi connectivity index (χ4n) is 2.42. The van der Waals surface area contributed by atoms with Crippen LogP contribution in [0.5, 0.6) is 0 Å². The van der Waals surface area contributed by atoms with Gasteiger partial charge in [0.2, 0.25) is 0 Å². The number of nitrogens with zero attached hydrogens (tertiary/aromatic N) is 1. The van der Waals surface area contributed by atoms with Crippen molar-refractivity contribution in [2.75, 3.05) is 23.7 Å². The minimum Gasteiger partial charge on any atom is -0.368 e. The maximum absolute atomic E-state index is 12.1. The Balaban J connectivity index is 0.00000225. The number of amides is 2. The topological polar surface area (TPSA) is 82.6 Å². The lowest BCUT2D eigenvalue weighted by molar-refractivity contribution is 0.101. The summed E-state index contributed by atoms with van der Waals surface area (Å²) in [4.78, 5) is 27.7. The summed E-state index contributed by atoms with van der Waals surface area (Å²) in [6.07, 6.45) is 0. The molecular weight excluding hydrogens is 340 g/mol. The average Bonchev–Trinajstić information content (AvgIpc) is 3.10. The van der Waals surface area contributed by atoms with Gasteiger partial charge in [0.05, 0.1) is 6.54 Å². The molecule has 0 fully saturated rings. The number of amidine groups is 1. The first-order valence-corrected chi connectivity index (χ1v) is 7.69. The number of urea groups is 1. The fourth-order valence-corrected chi connectivity index (χ4v) is 2.42. The largest absolute Gasteiger partial charge is 0.368 e. The summed E-state index contributed by atoms with van der Waals surface area (Å²) in [5.74, 6) is 0.838. The first-order chi connectivity index (χ1) is 11.6. The van der Waals surface area contributed by atoms with Crippen molar-refractivity contribution in [2.24, 2.45) is 4.99 Å². The van der Waals surface area contributed by atoms with Gasteiger partial charge in [0.15, 0.2) is 5.78 Å². The second kappa shape index (κ2) is 8.30. The zero-order chi connectivity index (χ0) is 16.9. The Morgan fingerprint density at radius 2 is 1.76 bits per heavy atom. The van der Waals surface area contributed by atoms with Gasteiger partial charge in [-0.2, -0.15) is 0 Å². The monoisotopic (exact) mass is 358 g/mol. The predicted octanol–water partition coefficient (Wildman–Crippen LogP) is 3.30. The number of Topliss-reactive ketones (excluding diaryl/α,β-unsaturated/α-hetero) is 1. The summed E-state index contributed by atoms with van der Waals surface area (Å²) < 4.78 is 0. The van der Waals surface area contributed by atoms with Gasteiger partial charge in [-0.15, -0.1) is 12.4 Å². The molecule has 0 aromatic heterocycles. The van der Waals surface area contributed by atoms with Crippen molar-refractivity contribution in [2.45, 2.75) is 6.92 Å². The maximum Gasteiger partial charge on any atom is 0.323 e. The molecule has 7 heteroatoms. The highest BCUT2D eigenvalue weighted by atomic mass is 35.5. The van der Waals surface area contributed by atoms with Gasteiger partial charge in [-0.25, -0.2) is 4.79 Å². The molecule has 2 aromatic rings. The Morgan fingerprint density at radius 3 is 2.40 bits per heavy atom. The number of hydrogen-bond donors (Lipinski definition) is 3. The zero-order valence-electron chi connectivity index (χ0n) is 13.7. The molecule has 0 radical (unpaired) electrons. The highest BCUT2D eigenvalue weighted by molar-refractivity contribution is 6.03. The van der Waals surface area contributed by atoms with Crippen molar-refractivity contribution in [1.29, 1.82) is 0 Å². The standard InChI is InChI=1S/C18H18N4O2.ClH/c1-12(23)13-5-7-15(8-6-13)21-18(24)22-16-4-2-3-14(11-16)17-19-9-10-20-17;/h2-8,11H,9-10H2,1H3,(H,19,20)(H2,21,22,24);1H. The Morgan fingerprint density at radius 1 is 1.04 bits per heavy atom. The van der Waals surface area contributed by atoms with Gasteiger partial charge in [-0.1, -0.05) is 12.1 Å². The molecule has 0 aliphatic carbocycles. The summed E-state index contributed by atoms with van der Waals surface area (Å²) >= 11 is 0. The minimum atomic E-state index is -0.343. The van der Waals surface area contributed by atoms with Gasteiger partial charge < -0.3 is 16.0 Å². The molecule has 25 heavy (non-hydrogen) atoms. The molecule has 6 nitrogen and oxygen atoms in total. The van der Waals surface area contributed by atoms with Crippen LogP contribution in [0.4, 0.5) is 16.2 Å². The van der Waals surface area contributed by atoms with E-state index in [2.05, 4.69) is 20.9 Å². The molecule has 2 amide bonds. The first kappa shape index (κ1) is 18.5. The van der Waals surface area contributed by atoms with Gasteiger partial charge >= 0.3 is 6.03 Å². The number of carbonyl (C=O) groups excluding carboxylic acids is 2. The number of anilines is 2. The summed E-state index contributed by atoms with van der Waals surface area (Å²) in [5.41, 5.74) is 2.85. The molecule has 1 heterocycles. The third-order valence-electron chi connectivity index (χ3n) is 3.62. The second-order valence-electron chi connectivity index (χ2n) is 5.45. The smallest absolute Gasteiger partial charge is 0.323 e. The van der Waals surface area contributed by atoms with E-state index in [1.807, 2.05) is 24.3 Å². The van der Waals surface area contributed by atoms with E-state index < -0.39 is 0 Å². The number of aliphatic imine (C=N–C) groups is 1. The van der Waals surface area contributed by atoms with E-state index in [1.54, 1.807) is 24.3 Å². The zero-order valence-corrected chi connectivity index (χ0v) is 14.5. The summed E-state index contributed by atoms with van der Waals surface area (Å²) in [7, 11) is 0. The van der Waals surface area contributed by atoms with Gasteiger partial charge in [0.1, 0.15) is 5.84 Å².